The summed E-state index contributed by atoms with van der Waals surface area (Å²) in [6, 6.07) is 1.46. The molecular weight excluding hydrogens is 260 g/mol. The molecule has 0 radical (unpaired) electrons. The predicted molar refractivity (Wildman–Crippen MR) is 76.7 cm³/mol. The van der Waals surface area contributed by atoms with Crippen molar-refractivity contribution in [2.75, 3.05) is 19.8 Å². The third-order valence-electron chi connectivity index (χ3n) is 2.26. The normalized spacial score (nSPS) is 9.45. The summed E-state index contributed by atoms with van der Waals surface area (Å²) in [5.74, 6) is -0.930. The lowest BCUT2D eigenvalue weighted by Crippen LogP contribution is -2.16. The lowest BCUT2D eigenvalue weighted by atomic mass is 10.3. The molecule has 114 valence electrons. The molecular formula is C14H24N2O4. The molecule has 6 heteroatoms. The van der Waals surface area contributed by atoms with Crippen molar-refractivity contribution in [1.82, 2.24) is 4.57 Å². The van der Waals surface area contributed by atoms with E-state index in [0.29, 0.717) is 24.3 Å². The molecule has 1 aromatic heterocycles. The molecule has 0 aliphatic carbocycles. The van der Waals surface area contributed by atoms with Crippen LogP contribution in [0.4, 0.5) is 0 Å². The van der Waals surface area contributed by atoms with Crippen LogP contribution >= 0.6 is 0 Å². The highest BCUT2D eigenvalue weighted by molar-refractivity contribution is 5.95. The van der Waals surface area contributed by atoms with Gasteiger partial charge in [0.05, 0.1) is 18.8 Å². The topological polar surface area (TPSA) is 83.6 Å². The van der Waals surface area contributed by atoms with Gasteiger partial charge in [-0.2, -0.15) is 0 Å². The van der Waals surface area contributed by atoms with Gasteiger partial charge in [0.1, 0.15) is 5.69 Å². The lowest BCUT2D eigenvalue weighted by molar-refractivity contribution is 0.0512. The first-order chi connectivity index (χ1) is 9.63. The number of hydrogen-bond donors (Lipinski definition) is 1. The van der Waals surface area contributed by atoms with E-state index in [2.05, 4.69) is 0 Å². The van der Waals surface area contributed by atoms with E-state index in [9.17, 15) is 9.59 Å². The van der Waals surface area contributed by atoms with Gasteiger partial charge in [-0.05, 0) is 19.9 Å². The number of rotatable bonds is 6. The molecule has 0 aliphatic heterocycles. The molecule has 0 unspecified atom stereocenters. The second-order valence-corrected chi connectivity index (χ2v) is 3.54. The van der Waals surface area contributed by atoms with Gasteiger partial charge in [0.25, 0.3) is 0 Å². The van der Waals surface area contributed by atoms with Crippen molar-refractivity contribution in [3.8, 4) is 0 Å². The van der Waals surface area contributed by atoms with Crippen molar-refractivity contribution >= 4 is 11.9 Å². The van der Waals surface area contributed by atoms with Crippen LogP contribution in [0.15, 0.2) is 12.3 Å². The molecule has 0 atom stereocenters. The number of nitrogens with zero attached hydrogens (tertiary/aromatic N) is 1. The molecule has 20 heavy (non-hydrogen) atoms. The van der Waals surface area contributed by atoms with E-state index in [1.54, 1.807) is 24.6 Å². The molecule has 0 aromatic carbocycles. The fourth-order valence-electron chi connectivity index (χ4n) is 1.54. The Morgan fingerprint density at radius 1 is 1.15 bits per heavy atom. The fraction of sp³-hybridized carbons (Fsp3) is 0.571. The summed E-state index contributed by atoms with van der Waals surface area (Å²) >= 11 is 0. The van der Waals surface area contributed by atoms with E-state index in [4.69, 9.17) is 15.2 Å². The van der Waals surface area contributed by atoms with Gasteiger partial charge in [-0.15, -0.1) is 0 Å². The van der Waals surface area contributed by atoms with E-state index in [-0.39, 0.29) is 13.2 Å². The van der Waals surface area contributed by atoms with Crippen molar-refractivity contribution in [3.05, 3.63) is 23.5 Å². The van der Waals surface area contributed by atoms with Crippen LogP contribution in [0.3, 0.4) is 0 Å². The Hall–Kier alpha value is -1.82. The number of carbonyl (C=O) groups excluding carboxylic acids is 2. The van der Waals surface area contributed by atoms with Crippen LogP contribution in [-0.2, 0) is 16.0 Å². The maximum Gasteiger partial charge on any atom is 0.354 e. The number of ether oxygens (including phenoxy) is 2. The molecule has 0 saturated carbocycles. The van der Waals surface area contributed by atoms with Crippen LogP contribution in [0.5, 0.6) is 0 Å². The minimum absolute atomic E-state index is 0.279. The van der Waals surface area contributed by atoms with Crippen LogP contribution in [-0.4, -0.2) is 36.3 Å². The molecule has 2 N–H and O–H groups in total. The Bertz CT molecular complexity index is 427. The highest BCUT2D eigenvalue weighted by atomic mass is 16.5. The summed E-state index contributed by atoms with van der Waals surface area (Å²) in [5.41, 5.74) is 6.10. The van der Waals surface area contributed by atoms with Gasteiger partial charge < -0.3 is 19.8 Å². The second-order valence-electron chi connectivity index (χ2n) is 3.54. The zero-order valence-electron chi connectivity index (χ0n) is 12.6. The highest BCUT2D eigenvalue weighted by Crippen LogP contribution is 2.11. The first kappa shape index (κ1) is 18.2. The van der Waals surface area contributed by atoms with Crippen LogP contribution in [0.2, 0.25) is 0 Å². The summed E-state index contributed by atoms with van der Waals surface area (Å²) < 4.78 is 11.4. The van der Waals surface area contributed by atoms with E-state index >= 15 is 0 Å². The van der Waals surface area contributed by atoms with Crippen LogP contribution in [0, 0.1) is 0 Å². The Balaban J connectivity index is 0.00000172. The van der Waals surface area contributed by atoms with Gasteiger partial charge in [0, 0.05) is 19.3 Å². The second kappa shape index (κ2) is 10.0. The predicted octanol–water partition coefficient (Wildman–Crippen LogP) is 1.83. The Morgan fingerprint density at radius 2 is 1.70 bits per heavy atom. The molecule has 6 nitrogen and oxygen atoms in total. The lowest BCUT2D eigenvalue weighted by Gasteiger charge is -2.06. The molecule has 0 aliphatic rings. The van der Waals surface area contributed by atoms with E-state index in [1.165, 1.54) is 6.07 Å². The number of carbonyl (C=O) groups is 2. The van der Waals surface area contributed by atoms with Crippen LogP contribution < -0.4 is 5.73 Å². The number of esters is 2. The molecule has 0 spiro atoms. The molecule has 0 saturated heterocycles. The van der Waals surface area contributed by atoms with Gasteiger partial charge >= 0.3 is 11.9 Å². The maximum atomic E-state index is 11.7. The minimum atomic E-state index is -0.471. The van der Waals surface area contributed by atoms with Gasteiger partial charge in [0.15, 0.2) is 0 Å². The molecule has 0 amide bonds. The zero-order chi connectivity index (χ0) is 15.5. The highest BCUT2D eigenvalue weighted by Gasteiger charge is 2.18. The smallest absolute Gasteiger partial charge is 0.354 e. The summed E-state index contributed by atoms with van der Waals surface area (Å²) in [6.45, 7) is 8.81. The van der Waals surface area contributed by atoms with Crippen molar-refractivity contribution in [2.24, 2.45) is 5.73 Å². The Morgan fingerprint density at radius 3 is 2.20 bits per heavy atom. The van der Waals surface area contributed by atoms with E-state index in [1.807, 2.05) is 13.8 Å². The molecule has 0 fully saturated rings. The van der Waals surface area contributed by atoms with Crippen molar-refractivity contribution in [2.45, 2.75) is 34.2 Å². The van der Waals surface area contributed by atoms with Gasteiger partial charge in [-0.3, -0.25) is 0 Å². The third kappa shape index (κ3) is 5.05. The van der Waals surface area contributed by atoms with Gasteiger partial charge in [-0.25, -0.2) is 9.59 Å². The van der Waals surface area contributed by atoms with Gasteiger partial charge in [0.2, 0.25) is 0 Å². The van der Waals surface area contributed by atoms with E-state index in [0.717, 1.165) is 0 Å². The quantitative estimate of drug-likeness (QED) is 0.806. The minimum Gasteiger partial charge on any atom is -0.462 e. The SMILES string of the molecule is CC.CCOC(=O)c1cc(C(=O)OCC)n(CCN)c1. The first-order valence-electron chi connectivity index (χ1n) is 6.88. The average Bonchev–Trinajstić information content (AvgIpc) is 2.86. The standard InChI is InChI=1S/C12H18N2O4.C2H6/c1-3-17-11(15)9-7-10(12(16)18-4-2)14(8-9)6-5-13;1-2/h7-8H,3-6,13H2,1-2H3;1-2H3. The Kier molecular flexibility index (Phi) is 9.11. The number of hydrogen-bond acceptors (Lipinski definition) is 5. The van der Waals surface area contributed by atoms with Crippen molar-refractivity contribution in [1.29, 1.82) is 0 Å². The Labute approximate surface area is 119 Å². The average molecular weight is 284 g/mol. The molecule has 0 bridgehead atoms. The summed E-state index contributed by atoms with van der Waals surface area (Å²) in [7, 11) is 0. The van der Waals surface area contributed by atoms with Crippen LogP contribution in [0.1, 0.15) is 48.5 Å². The number of aromatic nitrogens is 1. The van der Waals surface area contributed by atoms with Gasteiger partial charge in [-0.1, -0.05) is 13.8 Å². The van der Waals surface area contributed by atoms with Crippen molar-refractivity contribution < 1.29 is 19.1 Å². The van der Waals surface area contributed by atoms with E-state index < -0.39 is 11.9 Å². The van der Waals surface area contributed by atoms with Crippen LogP contribution in [0.25, 0.3) is 0 Å². The first-order valence-corrected chi connectivity index (χ1v) is 6.88. The fourth-order valence-corrected chi connectivity index (χ4v) is 1.54. The molecule has 1 aromatic rings. The van der Waals surface area contributed by atoms with Crippen molar-refractivity contribution in [3.63, 3.8) is 0 Å². The summed E-state index contributed by atoms with van der Waals surface area (Å²) in [4.78, 5) is 23.3. The zero-order valence-corrected chi connectivity index (χ0v) is 12.6. The number of nitrogens with two attached hydrogens (primary N) is 1. The summed E-state index contributed by atoms with van der Waals surface area (Å²) in [5, 5.41) is 0. The maximum absolute atomic E-state index is 11.7. The monoisotopic (exact) mass is 284 g/mol. The molecule has 1 rings (SSSR count). The molecule has 1 heterocycles. The summed E-state index contributed by atoms with van der Waals surface area (Å²) in [6.07, 6.45) is 1.55. The third-order valence-corrected chi connectivity index (χ3v) is 2.26. The largest absolute Gasteiger partial charge is 0.462 e.